The van der Waals surface area contributed by atoms with Gasteiger partial charge in [0.1, 0.15) is 5.82 Å². The molecule has 0 spiro atoms. The highest BCUT2D eigenvalue weighted by Crippen LogP contribution is 2.23. The molecule has 1 amide bonds. The van der Waals surface area contributed by atoms with Gasteiger partial charge in [0.2, 0.25) is 5.91 Å². The van der Waals surface area contributed by atoms with Crippen LogP contribution in [0.4, 0.5) is 10.1 Å². The van der Waals surface area contributed by atoms with E-state index >= 15 is 0 Å². The van der Waals surface area contributed by atoms with E-state index in [-0.39, 0.29) is 16.6 Å². The zero-order valence-electron chi connectivity index (χ0n) is 7.35. The molecule has 0 heterocycles. The van der Waals surface area contributed by atoms with Crippen LogP contribution in [-0.4, -0.2) is 10.7 Å². The third kappa shape index (κ3) is 3.06. The van der Waals surface area contributed by atoms with Gasteiger partial charge in [-0.15, -0.1) is 0 Å². The minimum absolute atomic E-state index is 0.169. The number of anilines is 1. The van der Waals surface area contributed by atoms with Gasteiger partial charge in [0, 0.05) is 4.47 Å². The van der Waals surface area contributed by atoms with Gasteiger partial charge in [0.05, 0.1) is 10.5 Å². The van der Waals surface area contributed by atoms with Gasteiger partial charge < -0.3 is 5.32 Å². The van der Waals surface area contributed by atoms with Crippen molar-refractivity contribution in [2.24, 2.45) is 0 Å². The minimum atomic E-state index is -0.346. The Balaban J connectivity index is 2.82. The van der Waals surface area contributed by atoms with E-state index < -0.39 is 0 Å². The van der Waals surface area contributed by atoms with E-state index in [9.17, 15) is 9.18 Å². The molecule has 5 heteroatoms. The predicted octanol–water partition coefficient (Wildman–Crippen LogP) is 3.31. The molecule has 1 aromatic rings. The molecule has 14 heavy (non-hydrogen) atoms. The highest BCUT2D eigenvalue weighted by Gasteiger charge is 2.10. The number of alkyl halides is 1. The monoisotopic (exact) mass is 323 g/mol. The Morgan fingerprint density at radius 2 is 2.21 bits per heavy atom. The molecule has 1 rings (SSSR count). The summed E-state index contributed by atoms with van der Waals surface area (Å²) in [4.78, 5) is 11.0. The Bertz CT molecular complexity index is 355. The zero-order valence-corrected chi connectivity index (χ0v) is 10.5. The fourth-order valence-electron chi connectivity index (χ4n) is 0.823. The summed E-state index contributed by atoms with van der Waals surface area (Å²) < 4.78 is 13.2. The first kappa shape index (κ1) is 11.7. The molecule has 2 nitrogen and oxygen atoms in total. The molecule has 1 N–H and O–H groups in total. The molecule has 1 unspecified atom stereocenters. The molecular formula is C9H8Br2FNO. The molecule has 0 aliphatic carbocycles. The standard InChI is InChI=1S/C9H8Br2FNO/c1-5(10)9(14)13-8-3-2-6(12)4-7(8)11/h2-5H,1H3,(H,13,14). The van der Waals surface area contributed by atoms with Crippen molar-refractivity contribution < 1.29 is 9.18 Å². The fourth-order valence-corrected chi connectivity index (χ4v) is 1.39. The Hall–Kier alpha value is -0.420. The first-order chi connectivity index (χ1) is 6.50. The van der Waals surface area contributed by atoms with E-state index in [1.165, 1.54) is 18.2 Å². The van der Waals surface area contributed by atoms with Crippen LogP contribution in [-0.2, 0) is 4.79 Å². The highest BCUT2D eigenvalue weighted by atomic mass is 79.9. The van der Waals surface area contributed by atoms with Crippen LogP contribution in [0.2, 0.25) is 0 Å². The van der Waals surface area contributed by atoms with Crippen molar-refractivity contribution in [3.63, 3.8) is 0 Å². The van der Waals surface area contributed by atoms with Crippen molar-refractivity contribution in [1.82, 2.24) is 0 Å². The van der Waals surface area contributed by atoms with Gasteiger partial charge in [-0.05, 0) is 41.1 Å². The molecule has 0 bridgehead atoms. The van der Waals surface area contributed by atoms with E-state index in [1.807, 2.05) is 0 Å². The lowest BCUT2D eigenvalue weighted by molar-refractivity contribution is -0.115. The molecule has 1 aromatic carbocycles. The van der Waals surface area contributed by atoms with Crippen LogP contribution < -0.4 is 5.32 Å². The maximum absolute atomic E-state index is 12.7. The second-order valence-corrected chi connectivity index (χ2v) is 4.96. The summed E-state index contributed by atoms with van der Waals surface area (Å²) in [7, 11) is 0. The Labute approximate surface area is 98.1 Å². The lowest BCUT2D eigenvalue weighted by Gasteiger charge is -2.08. The number of amides is 1. The van der Waals surface area contributed by atoms with Gasteiger partial charge in [-0.1, -0.05) is 15.9 Å². The molecule has 0 aromatic heterocycles. The lowest BCUT2D eigenvalue weighted by Crippen LogP contribution is -2.20. The van der Waals surface area contributed by atoms with Crippen LogP contribution in [0, 0.1) is 5.82 Å². The molecule has 0 aliphatic rings. The van der Waals surface area contributed by atoms with Crippen LogP contribution in [0.25, 0.3) is 0 Å². The first-order valence-corrected chi connectivity index (χ1v) is 5.61. The van der Waals surface area contributed by atoms with Crippen LogP contribution in [0.15, 0.2) is 22.7 Å². The van der Waals surface area contributed by atoms with E-state index in [0.717, 1.165) is 0 Å². The number of hydrogen-bond acceptors (Lipinski definition) is 1. The maximum Gasteiger partial charge on any atom is 0.237 e. The molecule has 0 radical (unpaired) electrons. The second-order valence-electron chi connectivity index (χ2n) is 2.73. The Morgan fingerprint density at radius 1 is 1.57 bits per heavy atom. The third-order valence-corrected chi connectivity index (χ3v) is 2.62. The van der Waals surface area contributed by atoms with Crippen molar-refractivity contribution in [2.75, 3.05) is 5.32 Å². The molecule has 0 saturated heterocycles. The van der Waals surface area contributed by atoms with E-state index in [1.54, 1.807) is 6.92 Å². The summed E-state index contributed by atoms with van der Waals surface area (Å²) in [5, 5.41) is 2.64. The van der Waals surface area contributed by atoms with Crippen LogP contribution >= 0.6 is 31.9 Å². The number of rotatable bonds is 2. The van der Waals surface area contributed by atoms with E-state index in [4.69, 9.17) is 0 Å². The van der Waals surface area contributed by atoms with Crippen molar-refractivity contribution in [1.29, 1.82) is 0 Å². The van der Waals surface area contributed by atoms with Gasteiger partial charge in [0.15, 0.2) is 0 Å². The minimum Gasteiger partial charge on any atom is -0.324 e. The first-order valence-electron chi connectivity index (χ1n) is 3.90. The van der Waals surface area contributed by atoms with Crippen LogP contribution in [0.3, 0.4) is 0 Å². The van der Waals surface area contributed by atoms with Gasteiger partial charge in [0.25, 0.3) is 0 Å². The van der Waals surface area contributed by atoms with Crippen molar-refractivity contribution in [2.45, 2.75) is 11.8 Å². The maximum atomic E-state index is 12.7. The van der Waals surface area contributed by atoms with Crippen molar-refractivity contribution >= 4 is 43.5 Å². The molecule has 76 valence electrons. The summed E-state index contributed by atoms with van der Waals surface area (Å²) in [6.45, 7) is 1.72. The molecule has 0 aliphatic heterocycles. The Kier molecular flexibility index (Phi) is 4.07. The largest absolute Gasteiger partial charge is 0.324 e. The Morgan fingerprint density at radius 3 is 2.71 bits per heavy atom. The van der Waals surface area contributed by atoms with Crippen molar-refractivity contribution in [3.05, 3.63) is 28.5 Å². The summed E-state index contributed by atoms with van der Waals surface area (Å²) in [5.74, 6) is -0.515. The van der Waals surface area contributed by atoms with E-state index in [0.29, 0.717) is 10.2 Å². The number of hydrogen-bond donors (Lipinski definition) is 1. The van der Waals surface area contributed by atoms with Gasteiger partial charge in [-0.25, -0.2) is 4.39 Å². The molecule has 1 atom stereocenters. The summed E-state index contributed by atoms with van der Waals surface area (Å²) >= 11 is 6.29. The van der Waals surface area contributed by atoms with E-state index in [2.05, 4.69) is 37.2 Å². The number of nitrogens with one attached hydrogen (secondary N) is 1. The van der Waals surface area contributed by atoms with Gasteiger partial charge >= 0.3 is 0 Å². The van der Waals surface area contributed by atoms with Crippen molar-refractivity contribution in [3.8, 4) is 0 Å². The normalized spacial score (nSPS) is 12.3. The summed E-state index contributed by atoms with van der Waals surface area (Å²) in [6.07, 6.45) is 0. The zero-order chi connectivity index (χ0) is 10.7. The SMILES string of the molecule is CC(Br)C(=O)Nc1ccc(F)cc1Br. The number of halogens is 3. The average molecular weight is 325 g/mol. The molecule has 0 fully saturated rings. The highest BCUT2D eigenvalue weighted by molar-refractivity contribution is 9.10. The number of carbonyl (C=O) groups is 1. The summed E-state index contributed by atoms with van der Waals surface area (Å²) in [6, 6.07) is 4.10. The fraction of sp³-hybridized carbons (Fsp3) is 0.222. The molecule has 0 saturated carbocycles. The van der Waals surface area contributed by atoms with Crippen LogP contribution in [0.1, 0.15) is 6.92 Å². The quantitative estimate of drug-likeness (QED) is 0.831. The third-order valence-electron chi connectivity index (χ3n) is 1.55. The predicted molar refractivity (Wildman–Crippen MR) is 61.1 cm³/mol. The topological polar surface area (TPSA) is 29.1 Å². The summed E-state index contributed by atoms with van der Waals surface area (Å²) in [5.41, 5.74) is 0.558. The second kappa shape index (κ2) is 4.89. The number of benzene rings is 1. The van der Waals surface area contributed by atoms with Crippen LogP contribution in [0.5, 0.6) is 0 Å². The van der Waals surface area contributed by atoms with Gasteiger partial charge in [-0.3, -0.25) is 4.79 Å². The molecular weight excluding hydrogens is 317 g/mol. The smallest absolute Gasteiger partial charge is 0.237 e. The number of carbonyl (C=O) groups excluding carboxylic acids is 1. The average Bonchev–Trinajstić information content (AvgIpc) is 2.09. The van der Waals surface area contributed by atoms with Gasteiger partial charge in [-0.2, -0.15) is 0 Å². The lowest BCUT2D eigenvalue weighted by atomic mass is 10.3.